The van der Waals surface area contributed by atoms with Gasteiger partial charge in [-0.25, -0.2) is 0 Å². The molecule has 1 atom stereocenters. The Hall–Kier alpha value is -3.54. The summed E-state index contributed by atoms with van der Waals surface area (Å²) in [7, 11) is 0. The molecule has 0 unspecified atom stereocenters. The highest BCUT2D eigenvalue weighted by molar-refractivity contribution is 6.08. The molecule has 0 aromatic heterocycles. The molecule has 148 valence electrons. The molecule has 1 N–H and O–H groups in total. The summed E-state index contributed by atoms with van der Waals surface area (Å²) in [6.45, 7) is 1.91. The van der Waals surface area contributed by atoms with Crippen molar-refractivity contribution in [3.63, 3.8) is 0 Å². The SMILES string of the molecule is CCCC(=O)[C@H](Cc1ccc([N+](=O)[O-])cc1)NC(=O)c1cccc2ccccc12. The number of nitrogens with one attached hydrogen (secondary N) is 1. The fourth-order valence-electron chi connectivity index (χ4n) is 3.31. The molecule has 3 rings (SSSR count). The van der Waals surface area contributed by atoms with Gasteiger partial charge >= 0.3 is 0 Å². The molecular weight excluding hydrogens is 368 g/mol. The maximum Gasteiger partial charge on any atom is 0.269 e. The van der Waals surface area contributed by atoms with E-state index in [-0.39, 0.29) is 23.8 Å². The Bertz CT molecular complexity index is 1040. The normalized spacial score (nSPS) is 11.8. The molecule has 0 bridgehead atoms. The van der Waals surface area contributed by atoms with Crippen molar-refractivity contribution in [2.75, 3.05) is 0 Å². The van der Waals surface area contributed by atoms with Gasteiger partial charge in [-0.3, -0.25) is 19.7 Å². The highest BCUT2D eigenvalue weighted by Gasteiger charge is 2.22. The van der Waals surface area contributed by atoms with Crippen molar-refractivity contribution >= 4 is 28.2 Å². The van der Waals surface area contributed by atoms with Gasteiger partial charge in [0.1, 0.15) is 0 Å². The summed E-state index contributed by atoms with van der Waals surface area (Å²) in [5, 5.41) is 15.5. The van der Waals surface area contributed by atoms with Crippen LogP contribution in [-0.4, -0.2) is 22.7 Å². The molecule has 0 heterocycles. The van der Waals surface area contributed by atoms with E-state index < -0.39 is 11.0 Å². The molecule has 0 fully saturated rings. The van der Waals surface area contributed by atoms with Crippen LogP contribution in [0.4, 0.5) is 5.69 Å². The zero-order valence-corrected chi connectivity index (χ0v) is 16.1. The minimum atomic E-state index is -0.692. The summed E-state index contributed by atoms with van der Waals surface area (Å²) in [6.07, 6.45) is 1.32. The minimum absolute atomic E-state index is 0.00928. The van der Waals surface area contributed by atoms with Gasteiger partial charge in [-0.1, -0.05) is 55.5 Å². The van der Waals surface area contributed by atoms with Gasteiger partial charge in [0.25, 0.3) is 11.6 Å². The number of rotatable bonds is 8. The van der Waals surface area contributed by atoms with Crippen LogP contribution in [0.1, 0.15) is 35.7 Å². The van der Waals surface area contributed by atoms with E-state index in [4.69, 9.17) is 0 Å². The molecule has 6 heteroatoms. The second-order valence-corrected chi connectivity index (χ2v) is 6.90. The first-order valence-electron chi connectivity index (χ1n) is 9.54. The number of carbonyl (C=O) groups is 2. The van der Waals surface area contributed by atoms with Crippen LogP contribution >= 0.6 is 0 Å². The van der Waals surface area contributed by atoms with Crippen LogP contribution in [0.5, 0.6) is 0 Å². The summed E-state index contributed by atoms with van der Waals surface area (Å²) >= 11 is 0. The highest BCUT2D eigenvalue weighted by Crippen LogP contribution is 2.19. The summed E-state index contributed by atoms with van der Waals surface area (Å²) in [5.74, 6) is -0.363. The second-order valence-electron chi connectivity index (χ2n) is 6.90. The van der Waals surface area contributed by atoms with Crippen LogP contribution in [0.15, 0.2) is 66.7 Å². The lowest BCUT2D eigenvalue weighted by molar-refractivity contribution is -0.384. The van der Waals surface area contributed by atoms with Crippen LogP contribution in [0.25, 0.3) is 10.8 Å². The van der Waals surface area contributed by atoms with Gasteiger partial charge in [0.15, 0.2) is 5.78 Å². The predicted molar refractivity (Wildman–Crippen MR) is 112 cm³/mol. The van der Waals surface area contributed by atoms with E-state index in [9.17, 15) is 19.7 Å². The maximum absolute atomic E-state index is 13.0. The van der Waals surface area contributed by atoms with Gasteiger partial charge in [-0.05, 0) is 35.2 Å². The Labute approximate surface area is 168 Å². The first-order chi connectivity index (χ1) is 14.0. The van der Waals surface area contributed by atoms with Crippen LogP contribution < -0.4 is 5.32 Å². The van der Waals surface area contributed by atoms with E-state index in [1.165, 1.54) is 12.1 Å². The number of non-ortho nitro benzene ring substituents is 1. The summed E-state index contributed by atoms with van der Waals surface area (Å²) in [5.41, 5.74) is 1.26. The molecule has 0 saturated carbocycles. The number of fused-ring (bicyclic) bond motifs is 1. The van der Waals surface area contributed by atoms with Crippen molar-refractivity contribution in [1.82, 2.24) is 5.32 Å². The van der Waals surface area contributed by atoms with Gasteiger partial charge in [0, 0.05) is 24.1 Å². The lowest BCUT2D eigenvalue weighted by Crippen LogP contribution is -2.42. The van der Waals surface area contributed by atoms with E-state index in [0.29, 0.717) is 18.4 Å². The van der Waals surface area contributed by atoms with E-state index in [1.54, 1.807) is 18.2 Å². The third-order valence-electron chi connectivity index (χ3n) is 4.81. The number of carbonyl (C=O) groups excluding carboxylic acids is 2. The fraction of sp³-hybridized carbons (Fsp3) is 0.217. The van der Waals surface area contributed by atoms with Gasteiger partial charge in [-0.15, -0.1) is 0 Å². The molecule has 0 saturated heterocycles. The standard InChI is InChI=1S/C23H22N2O4/c1-2-6-22(26)21(15-16-11-13-18(14-12-16)25(28)29)24-23(27)20-10-5-8-17-7-3-4-9-19(17)20/h3-5,7-14,21H,2,6,15H2,1H3,(H,24,27)/t21-/m0/s1. The average molecular weight is 390 g/mol. The fourth-order valence-corrected chi connectivity index (χ4v) is 3.31. The molecule has 0 spiro atoms. The second kappa shape index (κ2) is 9.10. The summed E-state index contributed by atoms with van der Waals surface area (Å²) < 4.78 is 0. The van der Waals surface area contributed by atoms with Crippen molar-refractivity contribution in [3.05, 3.63) is 88.0 Å². The molecule has 3 aromatic carbocycles. The number of hydrogen-bond acceptors (Lipinski definition) is 4. The van der Waals surface area contributed by atoms with Crippen LogP contribution in [0.3, 0.4) is 0 Å². The number of nitro groups is 1. The van der Waals surface area contributed by atoms with Crippen molar-refractivity contribution in [2.24, 2.45) is 0 Å². The lowest BCUT2D eigenvalue weighted by Gasteiger charge is -2.18. The summed E-state index contributed by atoms with van der Waals surface area (Å²) in [6, 6.07) is 18.4. The number of ketones is 1. The van der Waals surface area contributed by atoms with Crippen molar-refractivity contribution < 1.29 is 14.5 Å². The van der Waals surface area contributed by atoms with Gasteiger partial charge in [0.2, 0.25) is 0 Å². The molecule has 0 aliphatic carbocycles. The third kappa shape index (κ3) is 4.85. The first kappa shape index (κ1) is 20.2. The van der Waals surface area contributed by atoms with Crippen molar-refractivity contribution in [2.45, 2.75) is 32.2 Å². The largest absolute Gasteiger partial charge is 0.342 e. The zero-order valence-electron chi connectivity index (χ0n) is 16.1. The zero-order chi connectivity index (χ0) is 20.8. The monoisotopic (exact) mass is 390 g/mol. The lowest BCUT2D eigenvalue weighted by atomic mass is 9.98. The number of hydrogen-bond donors (Lipinski definition) is 1. The smallest absolute Gasteiger partial charge is 0.269 e. The number of amides is 1. The number of nitrogens with zero attached hydrogens (tertiary/aromatic N) is 1. The molecule has 29 heavy (non-hydrogen) atoms. The molecule has 6 nitrogen and oxygen atoms in total. The first-order valence-corrected chi connectivity index (χ1v) is 9.54. The Kier molecular flexibility index (Phi) is 6.34. The Balaban J connectivity index is 1.84. The maximum atomic E-state index is 13.0. The minimum Gasteiger partial charge on any atom is -0.342 e. The van der Waals surface area contributed by atoms with Crippen molar-refractivity contribution in [3.8, 4) is 0 Å². The van der Waals surface area contributed by atoms with E-state index in [1.807, 2.05) is 43.3 Å². The molecule has 0 aliphatic rings. The molecule has 3 aromatic rings. The number of benzene rings is 3. The number of Topliss-reactive ketones (excluding diaryl/α,β-unsaturated/α-hetero) is 1. The van der Waals surface area contributed by atoms with Crippen LogP contribution in [0.2, 0.25) is 0 Å². The third-order valence-corrected chi connectivity index (χ3v) is 4.81. The Morgan fingerprint density at radius 2 is 1.69 bits per heavy atom. The molecular formula is C23H22N2O4. The van der Waals surface area contributed by atoms with E-state index >= 15 is 0 Å². The van der Waals surface area contributed by atoms with E-state index in [0.717, 1.165) is 16.3 Å². The van der Waals surface area contributed by atoms with Crippen molar-refractivity contribution in [1.29, 1.82) is 0 Å². The summed E-state index contributed by atoms with van der Waals surface area (Å²) in [4.78, 5) is 36.0. The average Bonchev–Trinajstić information content (AvgIpc) is 2.73. The Morgan fingerprint density at radius 1 is 1.00 bits per heavy atom. The molecule has 0 radical (unpaired) electrons. The highest BCUT2D eigenvalue weighted by atomic mass is 16.6. The Morgan fingerprint density at radius 3 is 2.38 bits per heavy atom. The van der Waals surface area contributed by atoms with Gasteiger partial charge in [0.05, 0.1) is 11.0 Å². The molecule has 1 amide bonds. The quantitative estimate of drug-likeness (QED) is 0.454. The number of nitro benzene ring substituents is 1. The van der Waals surface area contributed by atoms with E-state index in [2.05, 4.69) is 5.32 Å². The van der Waals surface area contributed by atoms with Crippen LogP contribution in [-0.2, 0) is 11.2 Å². The van der Waals surface area contributed by atoms with Gasteiger partial charge in [-0.2, -0.15) is 0 Å². The van der Waals surface area contributed by atoms with Crippen LogP contribution in [0, 0.1) is 10.1 Å². The topological polar surface area (TPSA) is 89.3 Å². The predicted octanol–water partition coefficient (Wildman–Crippen LogP) is 4.46. The van der Waals surface area contributed by atoms with Gasteiger partial charge < -0.3 is 5.32 Å². The molecule has 0 aliphatic heterocycles.